The van der Waals surface area contributed by atoms with Gasteiger partial charge in [0.05, 0.1) is 16.7 Å². The van der Waals surface area contributed by atoms with Crippen LogP contribution in [0.2, 0.25) is 0 Å². The van der Waals surface area contributed by atoms with Crippen molar-refractivity contribution in [1.82, 2.24) is 9.88 Å². The zero-order valence-electron chi connectivity index (χ0n) is 13.0. The van der Waals surface area contributed by atoms with E-state index < -0.39 is 0 Å². The molecule has 0 aliphatic rings. The molecule has 0 spiro atoms. The predicted molar refractivity (Wildman–Crippen MR) is 90.0 cm³/mol. The molecular formula is C16H22N2OS2. The number of carbonyl (C=O) groups excluding carboxylic acids is 1. The van der Waals surface area contributed by atoms with E-state index in [1.165, 1.54) is 9.75 Å². The van der Waals surface area contributed by atoms with E-state index in [2.05, 4.69) is 36.3 Å². The minimum Gasteiger partial charge on any atom is -0.337 e. The molecule has 114 valence electrons. The number of aromatic nitrogens is 1. The Bertz CT molecular complexity index is 589. The summed E-state index contributed by atoms with van der Waals surface area (Å²) in [6.45, 7) is 6.14. The highest BCUT2D eigenvalue weighted by Crippen LogP contribution is 2.26. The average molecular weight is 322 g/mol. The van der Waals surface area contributed by atoms with Crippen LogP contribution in [0.1, 0.15) is 46.3 Å². The van der Waals surface area contributed by atoms with E-state index in [0.717, 1.165) is 23.5 Å². The Morgan fingerprint density at radius 3 is 2.76 bits per heavy atom. The standard InChI is InChI=1S/C16H22N2OS2/c1-11(16-12(2)21-13(3)17-16)18(4)15(19)9-5-7-14-8-6-10-20-14/h6,8,10-11H,5,7,9H2,1-4H3. The molecule has 21 heavy (non-hydrogen) atoms. The third kappa shape index (κ3) is 4.14. The third-order valence-corrected chi connectivity index (χ3v) is 5.54. The van der Waals surface area contributed by atoms with Crippen LogP contribution in [0.3, 0.4) is 0 Å². The molecule has 0 aliphatic heterocycles. The summed E-state index contributed by atoms with van der Waals surface area (Å²) in [4.78, 5) is 21.3. The van der Waals surface area contributed by atoms with E-state index in [-0.39, 0.29) is 11.9 Å². The van der Waals surface area contributed by atoms with Crippen LogP contribution in [-0.2, 0) is 11.2 Å². The molecule has 0 N–H and O–H groups in total. The lowest BCUT2D eigenvalue weighted by molar-refractivity contribution is -0.131. The number of carbonyl (C=O) groups is 1. The lowest BCUT2D eigenvalue weighted by Gasteiger charge is -2.24. The molecule has 1 atom stereocenters. The zero-order valence-corrected chi connectivity index (χ0v) is 14.7. The molecule has 0 fully saturated rings. The largest absolute Gasteiger partial charge is 0.337 e. The van der Waals surface area contributed by atoms with E-state index in [4.69, 9.17) is 0 Å². The summed E-state index contributed by atoms with van der Waals surface area (Å²) in [7, 11) is 1.88. The van der Waals surface area contributed by atoms with Gasteiger partial charge in [-0.15, -0.1) is 22.7 Å². The summed E-state index contributed by atoms with van der Waals surface area (Å²) < 4.78 is 0. The van der Waals surface area contributed by atoms with Crippen LogP contribution in [-0.4, -0.2) is 22.8 Å². The highest BCUT2D eigenvalue weighted by molar-refractivity contribution is 7.11. The minimum absolute atomic E-state index is 0.0455. The molecule has 3 nitrogen and oxygen atoms in total. The number of aryl methyl sites for hydroxylation is 3. The van der Waals surface area contributed by atoms with Crippen molar-refractivity contribution in [2.75, 3.05) is 7.05 Å². The van der Waals surface area contributed by atoms with Crippen LogP contribution in [0.15, 0.2) is 17.5 Å². The van der Waals surface area contributed by atoms with Gasteiger partial charge < -0.3 is 4.90 Å². The van der Waals surface area contributed by atoms with Crippen LogP contribution in [0.4, 0.5) is 0 Å². The van der Waals surface area contributed by atoms with Gasteiger partial charge in [0, 0.05) is 23.2 Å². The highest BCUT2D eigenvalue weighted by Gasteiger charge is 2.21. The topological polar surface area (TPSA) is 33.2 Å². The van der Waals surface area contributed by atoms with Gasteiger partial charge in [-0.1, -0.05) is 6.07 Å². The van der Waals surface area contributed by atoms with E-state index in [0.29, 0.717) is 6.42 Å². The van der Waals surface area contributed by atoms with Crippen molar-refractivity contribution in [3.63, 3.8) is 0 Å². The summed E-state index contributed by atoms with van der Waals surface area (Å²) in [5, 5.41) is 3.14. The molecule has 2 aromatic heterocycles. The molecule has 1 unspecified atom stereocenters. The summed E-state index contributed by atoms with van der Waals surface area (Å²) >= 11 is 3.45. The van der Waals surface area contributed by atoms with Gasteiger partial charge >= 0.3 is 0 Å². The molecule has 0 bridgehead atoms. The molecule has 0 saturated heterocycles. The zero-order chi connectivity index (χ0) is 15.4. The Kier molecular flexibility index (Phi) is 5.53. The average Bonchev–Trinajstić information content (AvgIpc) is 3.06. The van der Waals surface area contributed by atoms with Gasteiger partial charge in [0.1, 0.15) is 0 Å². The number of amides is 1. The number of thiazole rings is 1. The smallest absolute Gasteiger partial charge is 0.222 e. The lowest BCUT2D eigenvalue weighted by Crippen LogP contribution is -2.30. The van der Waals surface area contributed by atoms with Crippen molar-refractivity contribution in [3.8, 4) is 0 Å². The normalized spacial score (nSPS) is 12.4. The first-order valence-electron chi connectivity index (χ1n) is 7.21. The molecule has 2 aromatic rings. The molecule has 5 heteroatoms. The monoisotopic (exact) mass is 322 g/mol. The molecule has 2 rings (SSSR count). The number of rotatable bonds is 6. The Labute approximate surface area is 134 Å². The fourth-order valence-electron chi connectivity index (χ4n) is 2.38. The first-order valence-corrected chi connectivity index (χ1v) is 8.90. The molecule has 0 aliphatic carbocycles. The third-order valence-electron chi connectivity index (χ3n) is 3.70. The maximum atomic E-state index is 12.3. The van der Waals surface area contributed by atoms with E-state index in [1.807, 2.05) is 18.9 Å². The Balaban J connectivity index is 1.88. The van der Waals surface area contributed by atoms with E-state index in [1.54, 1.807) is 22.7 Å². The summed E-state index contributed by atoms with van der Waals surface area (Å²) in [5.41, 5.74) is 1.03. The molecular weight excluding hydrogens is 300 g/mol. The van der Waals surface area contributed by atoms with Crippen LogP contribution in [0.25, 0.3) is 0 Å². The van der Waals surface area contributed by atoms with Gasteiger partial charge in [-0.3, -0.25) is 4.79 Å². The minimum atomic E-state index is 0.0455. The van der Waals surface area contributed by atoms with Gasteiger partial charge in [-0.2, -0.15) is 0 Å². The predicted octanol–water partition coefficient (Wildman–Crippen LogP) is 4.36. The second-order valence-electron chi connectivity index (χ2n) is 5.29. The Morgan fingerprint density at radius 2 is 2.19 bits per heavy atom. The quantitative estimate of drug-likeness (QED) is 0.791. The van der Waals surface area contributed by atoms with Crippen LogP contribution in [0.5, 0.6) is 0 Å². The van der Waals surface area contributed by atoms with Crippen molar-refractivity contribution in [2.24, 2.45) is 0 Å². The molecule has 2 heterocycles. The van der Waals surface area contributed by atoms with Crippen LogP contribution >= 0.6 is 22.7 Å². The summed E-state index contributed by atoms with van der Waals surface area (Å²) in [6, 6.07) is 4.23. The molecule has 0 radical (unpaired) electrons. The molecule has 0 aromatic carbocycles. The fourth-order valence-corrected chi connectivity index (χ4v) is 4.04. The second kappa shape index (κ2) is 7.18. The van der Waals surface area contributed by atoms with Crippen molar-refractivity contribution >= 4 is 28.6 Å². The SMILES string of the molecule is Cc1nc(C(C)N(C)C(=O)CCCc2cccs2)c(C)s1. The van der Waals surface area contributed by atoms with Crippen LogP contribution < -0.4 is 0 Å². The molecule has 0 saturated carbocycles. The van der Waals surface area contributed by atoms with Gasteiger partial charge in [0.25, 0.3) is 0 Å². The number of thiophene rings is 1. The van der Waals surface area contributed by atoms with Gasteiger partial charge in [0.15, 0.2) is 0 Å². The number of hydrogen-bond donors (Lipinski definition) is 0. The van der Waals surface area contributed by atoms with Crippen molar-refractivity contribution in [2.45, 2.75) is 46.1 Å². The fraction of sp³-hybridized carbons (Fsp3) is 0.500. The molecule has 1 amide bonds. The van der Waals surface area contributed by atoms with E-state index in [9.17, 15) is 4.79 Å². The first-order chi connectivity index (χ1) is 9.99. The second-order valence-corrected chi connectivity index (χ2v) is 7.73. The van der Waals surface area contributed by atoms with Crippen molar-refractivity contribution in [3.05, 3.63) is 38.0 Å². The maximum Gasteiger partial charge on any atom is 0.222 e. The van der Waals surface area contributed by atoms with Gasteiger partial charge in [-0.25, -0.2) is 4.98 Å². The first kappa shape index (κ1) is 16.2. The van der Waals surface area contributed by atoms with Gasteiger partial charge in [0.2, 0.25) is 5.91 Å². The maximum absolute atomic E-state index is 12.3. The highest BCUT2D eigenvalue weighted by atomic mass is 32.1. The van der Waals surface area contributed by atoms with Crippen molar-refractivity contribution in [1.29, 1.82) is 0 Å². The van der Waals surface area contributed by atoms with Crippen molar-refractivity contribution < 1.29 is 4.79 Å². The lowest BCUT2D eigenvalue weighted by atomic mass is 10.1. The summed E-state index contributed by atoms with van der Waals surface area (Å²) in [5.74, 6) is 0.198. The number of nitrogens with zero attached hydrogens (tertiary/aromatic N) is 2. The number of hydrogen-bond acceptors (Lipinski definition) is 4. The Morgan fingerprint density at radius 1 is 1.43 bits per heavy atom. The summed E-state index contributed by atoms with van der Waals surface area (Å²) in [6.07, 6.45) is 2.49. The van der Waals surface area contributed by atoms with E-state index >= 15 is 0 Å². The van der Waals surface area contributed by atoms with Gasteiger partial charge in [-0.05, 0) is 45.1 Å². The Hall–Kier alpha value is -1.20. The van der Waals surface area contributed by atoms with Crippen LogP contribution in [0, 0.1) is 13.8 Å².